The fourth-order valence-corrected chi connectivity index (χ4v) is 1.72. The molecule has 0 saturated carbocycles. The second-order valence-electron chi connectivity index (χ2n) is 2.93. The van der Waals surface area contributed by atoms with Gasteiger partial charge in [-0.3, -0.25) is 14.8 Å². The summed E-state index contributed by atoms with van der Waals surface area (Å²) in [6, 6.07) is 4.91. The van der Waals surface area contributed by atoms with Crippen molar-refractivity contribution in [2.75, 3.05) is 11.3 Å². The van der Waals surface area contributed by atoms with Gasteiger partial charge in [0.2, 0.25) is 0 Å². The maximum Gasteiger partial charge on any atom is 0.360 e. The molecule has 0 saturated heterocycles. The molecule has 1 rings (SSSR count). The molecule has 1 aromatic rings. The van der Waals surface area contributed by atoms with Gasteiger partial charge in [0.15, 0.2) is 0 Å². The molecule has 7 nitrogen and oxygen atoms in total. The van der Waals surface area contributed by atoms with E-state index >= 15 is 0 Å². The molecule has 0 aromatic heterocycles. The van der Waals surface area contributed by atoms with Crippen LogP contribution in [0.3, 0.4) is 0 Å². The van der Waals surface area contributed by atoms with Crippen LogP contribution in [0.1, 0.15) is 0 Å². The van der Waals surface area contributed by atoms with Crippen LogP contribution in [0.4, 0.5) is 11.4 Å². The van der Waals surface area contributed by atoms with Gasteiger partial charge in [-0.2, -0.15) is 8.42 Å². The van der Waals surface area contributed by atoms with Crippen molar-refractivity contribution >= 4 is 21.7 Å². The van der Waals surface area contributed by atoms with Crippen LogP contribution < -0.4 is 4.72 Å². The van der Waals surface area contributed by atoms with E-state index < -0.39 is 15.2 Å². The molecule has 0 atom stereocenters. The molecule has 0 aliphatic heterocycles. The molecular formula is C9H10N2O5S. The minimum atomic E-state index is -3.92. The number of nitrogens with one attached hydrogen (secondary N) is 1. The van der Waals surface area contributed by atoms with Crippen LogP contribution in [0.2, 0.25) is 0 Å². The highest BCUT2D eigenvalue weighted by atomic mass is 32.2. The van der Waals surface area contributed by atoms with Crippen molar-refractivity contribution in [1.82, 2.24) is 0 Å². The van der Waals surface area contributed by atoms with E-state index in [-0.39, 0.29) is 18.0 Å². The lowest BCUT2D eigenvalue weighted by atomic mass is 10.3. The average molecular weight is 258 g/mol. The van der Waals surface area contributed by atoms with Gasteiger partial charge in [0.05, 0.1) is 17.2 Å². The molecule has 92 valence electrons. The fraction of sp³-hybridized carbons (Fsp3) is 0.111. The van der Waals surface area contributed by atoms with Crippen molar-refractivity contribution in [3.63, 3.8) is 0 Å². The predicted octanol–water partition coefficient (Wildman–Crippen LogP) is 1.45. The Morgan fingerprint density at radius 2 is 2.00 bits per heavy atom. The second kappa shape index (κ2) is 5.41. The van der Waals surface area contributed by atoms with Crippen LogP contribution in [0.15, 0.2) is 36.9 Å². The molecule has 0 fully saturated rings. The molecule has 0 unspecified atom stereocenters. The lowest BCUT2D eigenvalue weighted by molar-refractivity contribution is -0.384. The van der Waals surface area contributed by atoms with Crippen molar-refractivity contribution in [3.8, 4) is 0 Å². The summed E-state index contributed by atoms with van der Waals surface area (Å²) in [4.78, 5) is 9.79. The predicted molar refractivity (Wildman–Crippen MR) is 61.8 cm³/mol. The summed E-state index contributed by atoms with van der Waals surface area (Å²) in [5.74, 6) is 0. The summed E-state index contributed by atoms with van der Waals surface area (Å²) >= 11 is 0. The highest BCUT2D eigenvalue weighted by molar-refractivity contribution is 7.88. The zero-order valence-corrected chi connectivity index (χ0v) is 9.51. The first-order valence-electron chi connectivity index (χ1n) is 4.47. The molecule has 0 spiro atoms. The zero-order valence-electron chi connectivity index (χ0n) is 8.70. The van der Waals surface area contributed by atoms with Crippen molar-refractivity contribution in [2.45, 2.75) is 0 Å². The van der Waals surface area contributed by atoms with E-state index in [2.05, 4.69) is 15.5 Å². The highest BCUT2D eigenvalue weighted by Crippen LogP contribution is 2.16. The number of benzene rings is 1. The Labute approximate surface area is 98.1 Å². The zero-order chi connectivity index (χ0) is 12.9. The molecule has 17 heavy (non-hydrogen) atoms. The third-order valence-electron chi connectivity index (χ3n) is 1.66. The quantitative estimate of drug-likeness (QED) is 0.473. The van der Waals surface area contributed by atoms with E-state index in [0.29, 0.717) is 0 Å². The van der Waals surface area contributed by atoms with Gasteiger partial charge in [-0.15, -0.1) is 6.58 Å². The Morgan fingerprint density at radius 1 is 1.41 bits per heavy atom. The largest absolute Gasteiger partial charge is 0.360 e. The summed E-state index contributed by atoms with van der Waals surface area (Å²) in [5.41, 5.74) is 0.0552. The minimum absolute atomic E-state index is 0.125. The first kappa shape index (κ1) is 13.1. The number of rotatable bonds is 6. The monoisotopic (exact) mass is 258 g/mol. The topological polar surface area (TPSA) is 98.5 Å². The first-order valence-corrected chi connectivity index (χ1v) is 5.88. The van der Waals surface area contributed by atoms with E-state index in [4.69, 9.17) is 0 Å². The smallest absolute Gasteiger partial charge is 0.261 e. The van der Waals surface area contributed by atoms with E-state index in [1.165, 1.54) is 30.3 Å². The molecular weight excluding hydrogens is 248 g/mol. The Morgan fingerprint density at radius 3 is 2.47 bits per heavy atom. The fourth-order valence-electron chi connectivity index (χ4n) is 0.963. The number of anilines is 1. The Bertz CT molecular complexity index is 509. The van der Waals surface area contributed by atoms with Gasteiger partial charge in [0.25, 0.3) is 5.69 Å². The van der Waals surface area contributed by atoms with Crippen molar-refractivity contribution in [2.24, 2.45) is 0 Å². The lowest BCUT2D eigenvalue weighted by Gasteiger charge is -2.06. The number of nitrogens with zero attached hydrogens (tertiary/aromatic N) is 1. The SMILES string of the molecule is C=CCOS(=O)(=O)Nc1ccc([N+](=O)[O-])cc1. The summed E-state index contributed by atoms with van der Waals surface area (Å²) in [5, 5.41) is 10.4. The Kier molecular flexibility index (Phi) is 4.18. The van der Waals surface area contributed by atoms with E-state index in [1.54, 1.807) is 0 Å². The highest BCUT2D eigenvalue weighted by Gasteiger charge is 2.11. The maximum atomic E-state index is 11.3. The lowest BCUT2D eigenvalue weighted by Crippen LogP contribution is -2.16. The van der Waals surface area contributed by atoms with E-state index in [1.807, 2.05) is 0 Å². The Balaban J connectivity index is 2.75. The molecule has 0 radical (unpaired) electrons. The van der Waals surface area contributed by atoms with Crippen LogP contribution >= 0.6 is 0 Å². The number of nitro groups is 1. The Hall–Kier alpha value is -1.93. The van der Waals surface area contributed by atoms with Crippen LogP contribution in [-0.2, 0) is 14.5 Å². The molecule has 0 amide bonds. The minimum Gasteiger partial charge on any atom is -0.261 e. The van der Waals surface area contributed by atoms with Gasteiger partial charge in [-0.25, -0.2) is 4.18 Å². The van der Waals surface area contributed by atoms with Crippen molar-refractivity contribution < 1.29 is 17.5 Å². The standard InChI is InChI=1S/C9H10N2O5S/c1-2-7-16-17(14,15)10-8-3-5-9(6-4-8)11(12)13/h2-6,10H,1,7H2. The van der Waals surface area contributed by atoms with Gasteiger partial charge in [0.1, 0.15) is 0 Å². The maximum absolute atomic E-state index is 11.3. The van der Waals surface area contributed by atoms with Gasteiger partial charge >= 0.3 is 10.3 Å². The van der Waals surface area contributed by atoms with Crippen LogP contribution in [0, 0.1) is 10.1 Å². The second-order valence-corrected chi connectivity index (χ2v) is 4.28. The molecule has 1 aromatic carbocycles. The van der Waals surface area contributed by atoms with Crippen LogP contribution in [0.5, 0.6) is 0 Å². The number of hydrogen-bond acceptors (Lipinski definition) is 5. The summed E-state index contributed by atoms with van der Waals surface area (Å²) < 4.78 is 29.1. The van der Waals surface area contributed by atoms with Crippen LogP contribution in [0.25, 0.3) is 0 Å². The normalized spacial score (nSPS) is 10.8. The van der Waals surface area contributed by atoms with Crippen LogP contribution in [-0.4, -0.2) is 19.9 Å². The summed E-state index contributed by atoms with van der Waals surface area (Å²) in [7, 11) is -3.92. The summed E-state index contributed by atoms with van der Waals surface area (Å²) in [6.07, 6.45) is 1.29. The molecule has 0 bridgehead atoms. The van der Waals surface area contributed by atoms with Gasteiger partial charge < -0.3 is 0 Å². The third kappa shape index (κ3) is 4.21. The number of nitro benzene ring substituents is 1. The van der Waals surface area contributed by atoms with E-state index in [9.17, 15) is 18.5 Å². The number of hydrogen-bond donors (Lipinski definition) is 1. The number of non-ortho nitro benzene ring substituents is 1. The van der Waals surface area contributed by atoms with Crippen molar-refractivity contribution in [1.29, 1.82) is 0 Å². The van der Waals surface area contributed by atoms with Gasteiger partial charge in [-0.1, -0.05) is 6.08 Å². The molecule has 0 heterocycles. The molecule has 1 N–H and O–H groups in total. The molecule has 8 heteroatoms. The van der Waals surface area contributed by atoms with Gasteiger partial charge in [0, 0.05) is 12.1 Å². The molecule has 0 aliphatic rings. The average Bonchev–Trinajstić information content (AvgIpc) is 2.26. The first-order chi connectivity index (χ1) is 7.94. The van der Waals surface area contributed by atoms with Gasteiger partial charge in [-0.05, 0) is 12.1 Å². The third-order valence-corrected chi connectivity index (χ3v) is 2.59. The van der Waals surface area contributed by atoms with E-state index in [0.717, 1.165) is 0 Å². The molecule has 0 aliphatic carbocycles. The van der Waals surface area contributed by atoms with Crippen molar-refractivity contribution in [3.05, 3.63) is 47.0 Å². The summed E-state index contributed by atoms with van der Waals surface area (Å²) in [6.45, 7) is 3.16.